The molecule has 0 atom stereocenters. The van der Waals surface area contributed by atoms with E-state index in [1.165, 1.54) is 43.5 Å². The third-order valence-electron chi connectivity index (χ3n) is 2.69. The number of nitrogens with two attached hydrogens (primary N) is 1. The van der Waals surface area contributed by atoms with E-state index in [2.05, 4.69) is 20.7 Å². The molecule has 0 spiro atoms. The van der Waals surface area contributed by atoms with Crippen LogP contribution in [0.2, 0.25) is 0 Å². The van der Waals surface area contributed by atoms with Gasteiger partial charge in [-0.1, -0.05) is 15.9 Å². The minimum absolute atomic E-state index is 0.0804. The second kappa shape index (κ2) is 5.90. The Morgan fingerprint density at radius 2 is 1.95 bits per heavy atom. The molecule has 0 saturated heterocycles. The Balaban J connectivity index is 2.36. The summed E-state index contributed by atoms with van der Waals surface area (Å²) in [7, 11) is -2.51. The molecule has 0 bridgehead atoms. The lowest BCUT2D eigenvalue weighted by Crippen LogP contribution is -2.14. The predicted octanol–water partition coefficient (Wildman–Crippen LogP) is 2.98. The second-order valence-corrected chi connectivity index (χ2v) is 6.73. The number of sulfonamides is 1. The van der Waals surface area contributed by atoms with E-state index in [1.807, 2.05) is 0 Å². The molecule has 8 heteroatoms. The van der Waals surface area contributed by atoms with Gasteiger partial charge in [-0.25, -0.2) is 12.8 Å². The molecule has 0 unspecified atom stereocenters. The summed E-state index contributed by atoms with van der Waals surface area (Å²) in [4.78, 5) is -0.0804. The average Bonchev–Trinajstić information content (AvgIpc) is 2.42. The number of hydrogen-bond acceptors (Lipinski definition) is 4. The van der Waals surface area contributed by atoms with Crippen LogP contribution in [-0.4, -0.2) is 15.5 Å². The molecule has 0 aliphatic carbocycles. The van der Waals surface area contributed by atoms with Crippen LogP contribution in [0.15, 0.2) is 45.8 Å². The summed E-state index contributed by atoms with van der Waals surface area (Å²) >= 11 is 3.10. The van der Waals surface area contributed by atoms with Gasteiger partial charge in [0.05, 0.1) is 23.4 Å². The minimum atomic E-state index is -3.94. The number of hydrogen-bond donors (Lipinski definition) is 2. The van der Waals surface area contributed by atoms with Gasteiger partial charge in [0.2, 0.25) is 0 Å². The summed E-state index contributed by atoms with van der Waals surface area (Å²) in [6.07, 6.45) is 0. The summed E-state index contributed by atoms with van der Waals surface area (Å²) in [6.45, 7) is 0. The van der Waals surface area contributed by atoms with Crippen LogP contribution in [0.25, 0.3) is 0 Å². The first kappa shape index (κ1) is 15.6. The maximum absolute atomic E-state index is 13.7. The highest BCUT2D eigenvalue weighted by Crippen LogP contribution is 2.27. The van der Waals surface area contributed by atoms with Gasteiger partial charge in [-0.3, -0.25) is 4.72 Å². The van der Waals surface area contributed by atoms with E-state index in [-0.39, 0.29) is 16.3 Å². The number of methoxy groups -OCH3 is 1. The Morgan fingerprint density at radius 3 is 2.52 bits per heavy atom. The molecule has 0 aliphatic rings. The molecule has 0 heterocycles. The summed E-state index contributed by atoms with van der Waals surface area (Å²) < 4.78 is 45.7. The van der Waals surface area contributed by atoms with Crippen molar-refractivity contribution in [3.63, 3.8) is 0 Å². The minimum Gasteiger partial charge on any atom is -0.495 e. The van der Waals surface area contributed by atoms with Crippen LogP contribution in [0.3, 0.4) is 0 Å². The fourth-order valence-corrected chi connectivity index (χ4v) is 3.09. The number of halogens is 2. The van der Waals surface area contributed by atoms with Gasteiger partial charge in [-0.2, -0.15) is 0 Å². The molecule has 0 saturated carbocycles. The molecule has 2 aromatic carbocycles. The molecule has 0 fully saturated rings. The monoisotopic (exact) mass is 374 g/mol. The van der Waals surface area contributed by atoms with Crippen molar-refractivity contribution in [3.05, 3.63) is 46.7 Å². The number of rotatable bonds is 4. The fraction of sp³-hybridized carbons (Fsp3) is 0.0769. The lowest BCUT2D eigenvalue weighted by Gasteiger charge is -2.11. The van der Waals surface area contributed by atoms with Gasteiger partial charge in [0.15, 0.2) is 0 Å². The Kier molecular flexibility index (Phi) is 4.38. The van der Waals surface area contributed by atoms with Crippen LogP contribution in [-0.2, 0) is 10.0 Å². The van der Waals surface area contributed by atoms with Crippen molar-refractivity contribution in [2.45, 2.75) is 4.90 Å². The lowest BCUT2D eigenvalue weighted by molar-refractivity contribution is 0.416. The Hall–Kier alpha value is -1.80. The van der Waals surface area contributed by atoms with Crippen LogP contribution < -0.4 is 15.2 Å². The summed E-state index contributed by atoms with van der Waals surface area (Å²) in [5.41, 5.74) is 5.71. The van der Waals surface area contributed by atoms with Gasteiger partial charge >= 0.3 is 0 Å². The fourth-order valence-electron chi connectivity index (χ4n) is 1.66. The van der Waals surface area contributed by atoms with Crippen molar-refractivity contribution in [1.29, 1.82) is 0 Å². The Morgan fingerprint density at radius 1 is 1.24 bits per heavy atom. The lowest BCUT2D eigenvalue weighted by atomic mass is 10.3. The van der Waals surface area contributed by atoms with Gasteiger partial charge in [-0.05, 0) is 36.4 Å². The van der Waals surface area contributed by atoms with Gasteiger partial charge in [0, 0.05) is 4.47 Å². The molecule has 0 amide bonds. The van der Waals surface area contributed by atoms with Gasteiger partial charge in [0.1, 0.15) is 11.6 Å². The Bertz CT molecular complexity index is 781. The van der Waals surface area contributed by atoms with E-state index in [1.54, 1.807) is 0 Å². The van der Waals surface area contributed by atoms with Gasteiger partial charge in [0.25, 0.3) is 10.0 Å². The number of anilines is 2. The smallest absolute Gasteiger partial charge is 0.262 e. The van der Waals surface area contributed by atoms with Crippen molar-refractivity contribution in [1.82, 2.24) is 0 Å². The number of ether oxygens (including phenoxy) is 1. The number of nitrogen functional groups attached to an aromatic ring is 1. The van der Waals surface area contributed by atoms with E-state index in [0.717, 1.165) is 0 Å². The Labute approximate surface area is 130 Å². The van der Waals surface area contributed by atoms with E-state index >= 15 is 0 Å². The van der Waals surface area contributed by atoms with Crippen molar-refractivity contribution < 1.29 is 17.5 Å². The molecular weight excluding hydrogens is 363 g/mol. The van der Waals surface area contributed by atoms with E-state index < -0.39 is 15.8 Å². The highest BCUT2D eigenvalue weighted by Gasteiger charge is 2.17. The summed E-state index contributed by atoms with van der Waals surface area (Å²) in [5.74, 6) is -0.321. The van der Waals surface area contributed by atoms with Crippen molar-refractivity contribution in [3.8, 4) is 5.75 Å². The maximum Gasteiger partial charge on any atom is 0.262 e. The number of benzene rings is 2. The van der Waals surface area contributed by atoms with Crippen molar-refractivity contribution in [2.75, 3.05) is 17.6 Å². The zero-order valence-electron chi connectivity index (χ0n) is 10.9. The van der Waals surface area contributed by atoms with Crippen LogP contribution in [0.4, 0.5) is 15.8 Å². The molecule has 2 rings (SSSR count). The number of nitrogens with one attached hydrogen (secondary N) is 1. The van der Waals surface area contributed by atoms with E-state index in [0.29, 0.717) is 10.2 Å². The van der Waals surface area contributed by atoms with E-state index in [4.69, 9.17) is 10.5 Å². The molecule has 0 aromatic heterocycles. The summed E-state index contributed by atoms with van der Waals surface area (Å²) in [5, 5.41) is 0. The molecule has 112 valence electrons. The first-order chi connectivity index (χ1) is 9.83. The predicted molar refractivity (Wildman–Crippen MR) is 82.3 cm³/mol. The molecule has 5 nitrogen and oxygen atoms in total. The van der Waals surface area contributed by atoms with E-state index in [9.17, 15) is 12.8 Å². The van der Waals surface area contributed by atoms with Crippen molar-refractivity contribution >= 4 is 37.3 Å². The molecule has 2 aromatic rings. The summed E-state index contributed by atoms with van der Waals surface area (Å²) in [6, 6.07) is 8.03. The van der Waals surface area contributed by atoms with Gasteiger partial charge < -0.3 is 10.5 Å². The molecule has 0 aliphatic heterocycles. The zero-order valence-corrected chi connectivity index (χ0v) is 13.3. The van der Waals surface area contributed by atoms with Crippen molar-refractivity contribution in [2.24, 2.45) is 0 Å². The zero-order chi connectivity index (χ0) is 15.6. The molecule has 21 heavy (non-hydrogen) atoms. The third-order valence-corrected chi connectivity index (χ3v) is 4.54. The largest absolute Gasteiger partial charge is 0.495 e. The first-order valence-corrected chi connectivity index (χ1v) is 8.02. The second-order valence-electron chi connectivity index (χ2n) is 4.13. The van der Waals surface area contributed by atoms with Crippen LogP contribution in [0.5, 0.6) is 5.75 Å². The molecular formula is C13H12BrFN2O3S. The maximum atomic E-state index is 13.7. The third kappa shape index (κ3) is 3.45. The molecule has 0 radical (unpaired) electrons. The highest BCUT2D eigenvalue weighted by atomic mass is 79.9. The van der Waals surface area contributed by atoms with Crippen LogP contribution in [0, 0.1) is 5.82 Å². The normalized spacial score (nSPS) is 11.2. The quantitative estimate of drug-likeness (QED) is 0.806. The molecule has 3 N–H and O–H groups in total. The highest BCUT2D eigenvalue weighted by molar-refractivity contribution is 9.10. The van der Waals surface area contributed by atoms with Crippen LogP contribution in [0.1, 0.15) is 0 Å². The van der Waals surface area contributed by atoms with Crippen LogP contribution >= 0.6 is 15.9 Å². The topological polar surface area (TPSA) is 81.4 Å². The van der Waals surface area contributed by atoms with Gasteiger partial charge in [-0.15, -0.1) is 0 Å². The first-order valence-electron chi connectivity index (χ1n) is 5.75. The average molecular weight is 375 g/mol. The SMILES string of the molecule is COc1ccc(S(=O)(=O)Nc2ccc(Br)cc2F)cc1N. The standard InChI is InChI=1S/C13H12BrFN2O3S/c1-20-13-5-3-9(7-11(13)16)21(18,19)17-12-4-2-8(14)6-10(12)15/h2-7,17H,16H2,1H3.